The van der Waals surface area contributed by atoms with Crippen LogP contribution in [0.4, 0.5) is 5.82 Å². The molecule has 0 radical (unpaired) electrons. The molecule has 3 amide bonds. The van der Waals surface area contributed by atoms with Gasteiger partial charge in [0, 0.05) is 18.6 Å². The summed E-state index contributed by atoms with van der Waals surface area (Å²) in [6, 6.07) is 9.23. The van der Waals surface area contributed by atoms with Gasteiger partial charge in [-0.25, -0.2) is 4.98 Å². The molecule has 5 rings (SSSR count). The molecule has 1 aromatic carbocycles. The maximum Gasteiger partial charge on any atom is 0.287 e. The summed E-state index contributed by atoms with van der Waals surface area (Å²) in [6.45, 7) is 0.289. The van der Waals surface area contributed by atoms with Crippen LogP contribution in [0.1, 0.15) is 32.5 Å². The van der Waals surface area contributed by atoms with Crippen molar-refractivity contribution in [3.63, 3.8) is 0 Å². The standard InChI is InChI=1S/C20H18N8O3S/c1-27-7-6-11(25-27)8-22-20(31)18-23-17(13-9-21-15(29)10-28(13)18)24-19(30)16-12-4-2-3-5-14(12)32-26-16/h2-7H,8-10H2,1H3,(H,21,29)(H,22,31)(H,24,30). The topological polar surface area (TPSA) is 136 Å². The van der Waals surface area contributed by atoms with Crippen molar-refractivity contribution in [3.05, 3.63) is 59.4 Å². The smallest absolute Gasteiger partial charge is 0.287 e. The number of hydrogen-bond acceptors (Lipinski definition) is 7. The number of nitrogens with zero attached hydrogens (tertiary/aromatic N) is 5. The maximum absolute atomic E-state index is 12.9. The molecule has 0 atom stereocenters. The van der Waals surface area contributed by atoms with E-state index in [4.69, 9.17) is 0 Å². The van der Waals surface area contributed by atoms with Gasteiger partial charge in [0.1, 0.15) is 12.2 Å². The van der Waals surface area contributed by atoms with E-state index in [1.165, 1.54) is 16.1 Å². The van der Waals surface area contributed by atoms with Crippen LogP contribution in [-0.2, 0) is 31.5 Å². The first-order valence-corrected chi connectivity index (χ1v) is 10.6. The molecule has 1 aliphatic heterocycles. The van der Waals surface area contributed by atoms with Gasteiger partial charge in [-0.1, -0.05) is 18.2 Å². The van der Waals surface area contributed by atoms with Crippen LogP contribution in [-0.4, -0.2) is 41.4 Å². The number of carbonyl (C=O) groups is 3. The first kappa shape index (κ1) is 19.9. The third kappa shape index (κ3) is 3.60. The quantitative estimate of drug-likeness (QED) is 0.416. The molecule has 32 heavy (non-hydrogen) atoms. The second-order valence-corrected chi connectivity index (χ2v) is 8.04. The van der Waals surface area contributed by atoms with Gasteiger partial charge in [-0.2, -0.15) is 9.47 Å². The third-order valence-electron chi connectivity index (χ3n) is 5.05. The fourth-order valence-electron chi connectivity index (χ4n) is 3.51. The molecule has 3 N–H and O–H groups in total. The summed E-state index contributed by atoms with van der Waals surface area (Å²) >= 11 is 1.23. The number of imidazole rings is 1. The molecule has 12 heteroatoms. The Morgan fingerprint density at radius 2 is 2.06 bits per heavy atom. The highest BCUT2D eigenvalue weighted by Crippen LogP contribution is 2.25. The van der Waals surface area contributed by atoms with Gasteiger partial charge < -0.3 is 20.5 Å². The van der Waals surface area contributed by atoms with Gasteiger partial charge in [-0.05, 0) is 23.7 Å². The molecule has 0 fully saturated rings. The Morgan fingerprint density at radius 1 is 1.22 bits per heavy atom. The van der Waals surface area contributed by atoms with Gasteiger partial charge in [-0.3, -0.25) is 19.1 Å². The van der Waals surface area contributed by atoms with Crippen molar-refractivity contribution in [2.75, 3.05) is 5.32 Å². The number of hydrogen-bond donors (Lipinski definition) is 3. The zero-order valence-electron chi connectivity index (χ0n) is 17.0. The van der Waals surface area contributed by atoms with Crippen LogP contribution in [0.15, 0.2) is 36.5 Å². The minimum atomic E-state index is -0.466. The van der Waals surface area contributed by atoms with Gasteiger partial charge in [0.15, 0.2) is 5.82 Å². The fourth-order valence-corrected chi connectivity index (χ4v) is 4.29. The second kappa shape index (κ2) is 7.89. The average molecular weight is 450 g/mol. The second-order valence-electron chi connectivity index (χ2n) is 7.24. The molecular formula is C20H18N8O3S. The number of fused-ring (bicyclic) bond motifs is 2. The lowest BCUT2D eigenvalue weighted by molar-refractivity contribution is -0.122. The number of anilines is 1. The van der Waals surface area contributed by atoms with Crippen molar-refractivity contribution in [2.45, 2.75) is 19.6 Å². The van der Waals surface area contributed by atoms with Crippen molar-refractivity contribution < 1.29 is 14.4 Å². The first-order chi connectivity index (χ1) is 15.5. The molecule has 0 aliphatic carbocycles. The van der Waals surface area contributed by atoms with Crippen LogP contribution >= 0.6 is 11.5 Å². The largest absolute Gasteiger partial charge is 0.349 e. The Labute approximate surface area is 185 Å². The van der Waals surface area contributed by atoms with Crippen molar-refractivity contribution >= 4 is 45.2 Å². The maximum atomic E-state index is 12.9. The molecule has 4 aromatic rings. The lowest BCUT2D eigenvalue weighted by Gasteiger charge is -2.17. The number of nitrogens with one attached hydrogen (secondary N) is 3. The van der Waals surface area contributed by atoms with Gasteiger partial charge >= 0.3 is 0 Å². The molecule has 0 bridgehead atoms. The average Bonchev–Trinajstić information content (AvgIpc) is 3.49. The van der Waals surface area contributed by atoms with E-state index in [1.54, 1.807) is 24.0 Å². The minimum absolute atomic E-state index is 0.0456. The number of carbonyl (C=O) groups excluding carboxylic acids is 3. The van der Waals surface area contributed by atoms with E-state index < -0.39 is 11.8 Å². The van der Waals surface area contributed by atoms with Crippen molar-refractivity contribution in [1.82, 2.24) is 34.3 Å². The zero-order valence-corrected chi connectivity index (χ0v) is 17.8. The lowest BCUT2D eigenvalue weighted by atomic mass is 10.2. The highest BCUT2D eigenvalue weighted by molar-refractivity contribution is 7.13. The Hall–Kier alpha value is -4.06. The highest BCUT2D eigenvalue weighted by Gasteiger charge is 2.28. The number of benzene rings is 1. The first-order valence-electron chi connectivity index (χ1n) is 9.78. The summed E-state index contributed by atoms with van der Waals surface area (Å²) in [5, 5.41) is 13.2. The SMILES string of the molecule is Cn1ccc(CNC(=O)c2nc(NC(=O)c3nsc4ccccc34)c3n2CC(=O)NC3)n1. The monoisotopic (exact) mass is 450 g/mol. The van der Waals surface area contributed by atoms with Gasteiger partial charge in [0.2, 0.25) is 11.7 Å². The molecule has 0 saturated carbocycles. The van der Waals surface area contributed by atoms with Gasteiger partial charge in [-0.15, -0.1) is 0 Å². The van der Waals surface area contributed by atoms with E-state index >= 15 is 0 Å². The van der Waals surface area contributed by atoms with Crippen LogP contribution in [0.2, 0.25) is 0 Å². The Bertz CT molecular complexity index is 1370. The van der Waals surface area contributed by atoms with Gasteiger partial charge in [0.25, 0.3) is 11.8 Å². The Balaban J connectivity index is 1.42. The lowest BCUT2D eigenvalue weighted by Crippen LogP contribution is -2.37. The molecule has 162 valence electrons. The summed E-state index contributed by atoms with van der Waals surface area (Å²) in [4.78, 5) is 42.0. The number of aryl methyl sites for hydroxylation is 1. The van der Waals surface area contributed by atoms with Crippen molar-refractivity contribution in [1.29, 1.82) is 0 Å². The Kier molecular flexibility index (Phi) is 4.90. The van der Waals surface area contributed by atoms with Crippen molar-refractivity contribution in [3.8, 4) is 0 Å². The molecule has 0 spiro atoms. The third-order valence-corrected chi connectivity index (χ3v) is 5.88. The molecule has 4 heterocycles. The highest BCUT2D eigenvalue weighted by atomic mass is 32.1. The fraction of sp³-hybridized carbons (Fsp3) is 0.200. The van der Waals surface area contributed by atoms with Crippen LogP contribution in [0.25, 0.3) is 10.1 Å². The van der Waals surface area contributed by atoms with E-state index in [0.717, 1.165) is 10.1 Å². The molecular weight excluding hydrogens is 432 g/mol. The van der Waals surface area contributed by atoms with E-state index in [1.807, 2.05) is 24.3 Å². The molecule has 0 saturated heterocycles. The Morgan fingerprint density at radius 3 is 2.88 bits per heavy atom. The van der Waals surface area contributed by atoms with Crippen LogP contribution < -0.4 is 16.0 Å². The van der Waals surface area contributed by atoms with E-state index in [0.29, 0.717) is 11.4 Å². The summed E-state index contributed by atoms with van der Waals surface area (Å²) < 4.78 is 8.31. The number of amides is 3. The predicted molar refractivity (Wildman–Crippen MR) is 116 cm³/mol. The zero-order chi connectivity index (χ0) is 22.2. The minimum Gasteiger partial charge on any atom is -0.349 e. The summed E-state index contributed by atoms with van der Waals surface area (Å²) in [5.74, 6) is -0.872. The normalized spacial score (nSPS) is 13.0. The summed E-state index contributed by atoms with van der Waals surface area (Å²) in [5.41, 5.74) is 1.52. The van der Waals surface area contributed by atoms with Gasteiger partial charge in [0.05, 0.1) is 29.2 Å². The van der Waals surface area contributed by atoms with E-state index in [9.17, 15) is 14.4 Å². The molecule has 11 nitrogen and oxygen atoms in total. The van der Waals surface area contributed by atoms with Crippen LogP contribution in [0.5, 0.6) is 0 Å². The van der Waals surface area contributed by atoms with E-state index in [2.05, 4.69) is 30.4 Å². The molecule has 0 unspecified atom stereocenters. The molecule has 1 aliphatic rings. The predicted octanol–water partition coefficient (Wildman–Crippen LogP) is 1.04. The summed E-state index contributed by atoms with van der Waals surface area (Å²) in [7, 11) is 1.79. The number of aromatic nitrogens is 5. The number of rotatable bonds is 5. The van der Waals surface area contributed by atoms with Crippen LogP contribution in [0, 0.1) is 0 Å². The van der Waals surface area contributed by atoms with E-state index in [-0.39, 0.29) is 42.9 Å². The van der Waals surface area contributed by atoms with Crippen molar-refractivity contribution in [2.24, 2.45) is 7.05 Å². The molecule has 3 aromatic heterocycles. The summed E-state index contributed by atoms with van der Waals surface area (Å²) in [6.07, 6.45) is 1.78. The van der Waals surface area contributed by atoms with Crippen LogP contribution in [0.3, 0.4) is 0 Å².